The van der Waals surface area contributed by atoms with Crippen LogP contribution in [0.15, 0.2) is 30.5 Å². The fourth-order valence-corrected chi connectivity index (χ4v) is 3.25. The van der Waals surface area contributed by atoms with E-state index in [0.717, 1.165) is 38.2 Å². The highest BCUT2D eigenvalue weighted by Gasteiger charge is 2.27. The van der Waals surface area contributed by atoms with E-state index < -0.39 is 0 Å². The number of ketones is 1. The Bertz CT molecular complexity index is 685. The first-order valence-corrected chi connectivity index (χ1v) is 8.18. The SMILES string of the molecule is COc1ccc(C(=O)C2CCCN(Cc3ccn[nH]3)C2)cc1OC. The molecule has 24 heavy (non-hydrogen) atoms. The van der Waals surface area contributed by atoms with Crippen molar-refractivity contribution in [2.75, 3.05) is 27.3 Å². The van der Waals surface area contributed by atoms with Crippen LogP contribution < -0.4 is 9.47 Å². The standard InChI is InChI=1S/C18H23N3O3/c1-23-16-6-5-13(10-17(16)24-2)18(22)14-4-3-9-21(11-14)12-15-7-8-19-20-15/h5-8,10,14H,3-4,9,11-12H2,1-2H3,(H,19,20). The first kappa shape index (κ1) is 16.5. The van der Waals surface area contributed by atoms with Gasteiger partial charge in [-0.05, 0) is 43.7 Å². The summed E-state index contributed by atoms with van der Waals surface area (Å²) in [6.45, 7) is 2.58. The van der Waals surface area contributed by atoms with E-state index in [0.29, 0.717) is 17.1 Å². The van der Waals surface area contributed by atoms with Crippen LogP contribution in [0, 0.1) is 5.92 Å². The van der Waals surface area contributed by atoms with Crippen LogP contribution in [0.5, 0.6) is 11.5 Å². The lowest BCUT2D eigenvalue weighted by atomic mass is 9.89. The summed E-state index contributed by atoms with van der Waals surface area (Å²) in [5.74, 6) is 1.41. The molecule has 0 amide bonds. The van der Waals surface area contributed by atoms with Crippen molar-refractivity contribution in [3.8, 4) is 11.5 Å². The zero-order valence-corrected chi connectivity index (χ0v) is 14.1. The van der Waals surface area contributed by atoms with E-state index in [2.05, 4.69) is 15.1 Å². The molecule has 2 heterocycles. The first-order chi connectivity index (χ1) is 11.7. The fourth-order valence-electron chi connectivity index (χ4n) is 3.25. The Morgan fingerprint density at radius 2 is 2.12 bits per heavy atom. The summed E-state index contributed by atoms with van der Waals surface area (Å²) in [6, 6.07) is 7.35. The van der Waals surface area contributed by atoms with Crippen molar-refractivity contribution >= 4 is 5.78 Å². The predicted octanol–water partition coefficient (Wildman–Crippen LogP) is 2.52. The summed E-state index contributed by atoms with van der Waals surface area (Å²) in [7, 11) is 3.17. The van der Waals surface area contributed by atoms with Crippen LogP contribution in [0.4, 0.5) is 0 Å². The molecule has 1 fully saturated rings. The van der Waals surface area contributed by atoms with Gasteiger partial charge in [-0.3, -0.25) is 14.8 Å². The third-order valence-electron chi connectivity index (χ3n) is 4.50. The minimum Gasteiger partial charge on any atom is -0.493 e. The van der Waals surface area contributed by atoms with Gasteiger partial charge in [0.05, 0.1) is 14.2 Å². The quantitative estimate of drug-likeness (QED) is 0.825. The van der Waals surface area contributed by atoms with Crippen LogP contribution in [0.2, 0.25) is 0 Å². The Morgan fingerprint density at radius 1 is 1.29 bits per heavy atom. The summed E-state index contributed by atoms with van der Waals surface area (Å²) in [6.07, 6.45) is 3.70. The first-order valence-electron chi connectivity index (χ1n) is 8.18. The molecule has 3 rings (SSSR count). The van der Waals surface area contributed by atoms with Gasteiger partial charge in [0.15, 0.2) is 17.3 Å². The van der Waals surface area contributed by atoms with Gasteiger partial charge >= 0.3 is 0 Å². The molecule has 2 aromatic rings. The lowest BCUT2D eigenvalue weighted by Crippen LogP contribution is -2.38. The minimum atomic E-state index is 0.0137. The van der Waals surface area contributed by atoms with Gasteiger partial charge in [-0.1, -0.05) is 0 Å². The second-order valence-corrected chi connectivity index (χ2v) is 6.09. The topological polar surface area (TPSA) is 67.5 Å². The van der Waals surface area contributed by atoms with E-state index in [9.17, 15) is 4.79 Å². The van der Waals surface area contributed by atoms with Crippen molar-refractivity contribution in [2.24, 2.45) is 5.92 Å². The molecular formula is C18H23N3O3. The van der Waals surface area contributed by atoms with Crippen LogP contribution >= 0.6 is 0 Å². The molecule has 1 aromatic heterocycles. The minimum absolute atomic E-state index is 0.0137. The van der Waals surface area contributed by atoms with Crippen LogP contribution in [-0.4, -0.2) is 48.2 Å². The Balaban J connectivity index is 1.70. The van der Waals surface area contributed by atoms with Gasteiger partial charge in [0.2, 0.25) is 0 Å². The number of aromatic nitrogens is 2. The van der Waals surface area contributed by atoms with Gasteiger partial charge in [-0.2, -0.15) is 5.10 Å². The molecule has 1 atom stereocenters. The maximum atomic E-state index is 12.9. The van der Waals surface area contributed by atoms with E-state index >= 15 is 0 Å². The average Bonchev–Trinajstić information content (AvgIpc) is 3.13. The number of benzene rings is 1. The lowest BCUT2D eigenvalue weighted by molar-refractivity contribution is 0.0809. The lowest BCUT2D eigenvalue weighted by Gasteiger charge is -2.31. The molecule has 0 aliphatic carbocycles. The summed E-state index contributed by atoms with van der Waals surface area (Å²) in [5.41, 5.74) is 1.76. The number of piperidine rings is 1. The Kier molecular flexibility index (Phi) is 5.15. The van der Waals surface area contributed by atoms with Crippen molar-refractivity contribution in [2.45, 2.75) is 19.4 Å². The summed E-state index contributed by atoms with van der Waals surface area (Å²) < 4.78 is 10.5. The van der Waals surface area contributed by atoms with Gasteiger partial charge in [-0.15, -0.1) is 0 Å². The van der Waals surface area contributed by atoms with Crippen LogP contribution in [0.25, 0.3) is 0 Å². The zero-order valence-electron chi connectivity index (χ0n) is 14.1. The Labute approximate surface area is 141 Å². The van der Waals surface area contributed by atoms with E-state index in [4.69, 9.17) is 9.47 Å². The molecule has 1 aromatic carbocycles. The second-order valence-electron chi connectivity index (χ2n) is 6.09. The highest BCUT2D eigenvalue weighted by atomic mass is 16.5. The predicted molar refractivity (Wildman–Crippen MR) is 90.5 cm³/mol. The Morgan fingerprint density at radius 3 is 2.83 bits per heavy atom. The Hall–Kier alpha value is -2.34. The van der Waals surface area contributed by atoms with Crippen LogP contribution in [-0.2, 0) is 6.54 Å². The number of Topliss-reactive ketones (excluding diaryl/α,β-unsaturated/α-hetero) is 1. The largest absolute Gasteiger partial charge is 0.493 e. The van der Waals surface area contributed by atoms with Crippen LogP contribution in [0.3, 0.4) is 0 Å². The normalized spacial score (nSPS) is 18.3. The molecule has 0 saturated carbocycles. The number of ether oxygens (including phenoxy) is 2. The summed E-state index contributed by atoms with van der Waals surface area (Å²) >= 11 is 0. The van der Waals surface area contributed by atoms with Gasteiger partial charge in [0.1, 0.15) is 0 Å². The van der Waals surface area contributed by atoms with Crippen molar-refractivity contribution in [1.29, 1.82) is 0 Å². The molecule has 1 saturated heterocycles. The van der Waals surface area contributed by atoms with Crippen molar-refractivity contribution in [1.82, 2.24) is 15.1 Å². The molecule has 128 valence electrons. The molecule has 0 bridgehead atoms. The number of rotatable bonds is 6. The third kappa shape index (κ3) is 3.59. The monoisotopic (exact) mass is 329 g/mol. The molecule has 1 N–H and O–H groups in total. The number of hydrogen-bond donors (Lipinski definition) is 1. The molecule has 6 nitrogen and oxygen atoms in total. The van der Waals surface area contributed by atoms with Crippen molar-refractivity contribution < 1.29 is 14.3 Å². The molecule has 1 aliphatic rings. The van der Waals surface area contributed by atoms with Crippen molar-refractivity contribution in [3.05, 3.63) is 41.7 Å². The number of aromatic amines is 1. The number of hydrogen-bond acceptors (Lipinski definition) is 5. The van der Waals surface area contributed by atoms with Gasteiger partial charge in [0.25, 0.3) is 0 Å². The number of methoxy groups -OCH3 is 2. The summed E-state index contributed by atoms with van der Waals surface area (Å²) in [5, 5.41) is 6.96. The van der Waals surface area contributed by atoms with E-state index in [1.165, 1.54) is 0 Å². The molecular weight excluding hydrogens is 306 g/mol. The van der Waals surface area contributed by atoms with Crippen molar-refractivity contribution in [3.63, 3.8) is 0 Å². The second kappa shape index (κ2) is 7.49. The summed E-state index contributed by atoms with van der Waals surface area (Å²) in [4.78, 5) is 15.2. The molecule has 6 heteroatoms. The maximum Gasteiger partial charge on any atom is 0.167 e. The van der Waals surface area contributed by atoms with Crippen LogP contribution in [0.1, 0.15) is 28.9 Å². The van der Waals surface area contributed by atoms with E-state index in [-0.39, 0.29) is 11.7 Å². The molecule has 1 aliphatic heterocycles. The zero-order chi connectivity index (χ0) is 16.9. The van der Waals surface area contributed by atoms with Gasteiger partial charge in [-0.25, -0.2) is 0 Å². The fraction of sp³-hybridized carbons (Fsp3) is 0.444. The highest BCUT2D eigenvalue weighted by Crippen LogP contribution is 2.30. The number of H-pyrrole nitrogens is 1. The number of carbonyl (C=O) groups is 1. The van der Waals surface area contributed by atoms with Gasteiger partial charge < -0.3 is 9.47 Å². The number of nitrogens with zero attached hydrogens (tertiary/aromatic N) is 2. The van der Waals surface area contributed by atoms with E-state index in [1.807, 2.05) is 12.1 Å². The maximum absolute atomic E-state index is 12.9. The molecule has 1 unspecified atom stereocenters. The third-order valence-corrected chi connectivity index (χ3v) is 4.50. The van der Waals surface area contributed by atoms with E-state index in [1.54, 1.807) is 32.5 Å². The number of carbonyl (C=O) groups excluding carboxylic acids is 1. The smallest absolute Gasteiger partial charge is 0.167 e. The average molecular weight is 329 g/mol. The molecule has 0 radical (unpaired) electrons. The van der Waals surface area contributed by atoms with Gasteiger partial charge in [0, 0.05) is 36.5 Å². The number of nitrogens with one attached hydrogen (secondary N) is 1. The highest BCUT2D eigenvalue weighted by molar-refractivity contribution is 5.98. The molecule has 0 spiro atoms. The number of likely N-dealkylation sites (tertiary alicyclic amines) is 1.